The molecule has 0 saturated carbocycles. The SMILES string of the molecule is CC(C)OCCCN1C(=O)c2ccc(Cl)cc2C1C#N. The van der Waals surface area contributed by atoms with E-state index in [0.29, 0.717) is 35.7 Å². The van der Waals surface area contributed by atoms with E-state index in [1.54, 1.807) is 23.1 Å². The summed E-state index contributed by atoms with van der Waals surface area (Å²) in [5.41, 5.74) is 1.28. The summed E-state index contributed by atoms with van der Waals surface area (Å²) in [7, 11) is 0. The van der Waals surface area contributed by atoms with Crippen molar-refractivity contribution in [2.24, 2.45) is 0 Å². The normalized spacial score (nSPS) is 17.4. The van der Waals surface area contributed by atoms with Crippen LogP contribution in [-0.2, 0) is 4.74 Å². The summed E-state index contributed by atoms with van der Waals surface area (Å²) >= 11 is 5.94. The lowest BCUT2D eigenvalue weighted by molar-refractivity contribution is 0.0611. The van der Waals surface area contributed by atoms with Gasteiger partial charge in [-0.25, -0.2) is 0 Å². The lowest BCUT2D eigenvalue weighted by Crippen LogP contribution is -2.29. The molecule has 1 aromatic carbocycles. The fourth-order valence-corrected chi connectivity index (χ4v) is 2.50. The maximum absolute atomic E-state index is 12.3. The van der Waals surface area contributed by atoms with Crippen LogP contribution in [-0.4, -0.2) is 30.1 Å². The Morgan fingerprint density at radius 1 is 1.50 bits per heavy atom. The molecule has 2 rings (SSSR count). The minimum absolute atomic E-state index is 0.104. The van der Waals surface area contributed by atoms with Gasteiger partial charge in [-0.2, -0.15) is 5.26 Å². The van der Waals surface area contributed by atoms with E-state index in [1.807, 2.05) is 13.8 Å². The number of nitriles is 1. The lowest BCUT2D eigenvalue weighted by Gasteiger charge is -2.20. The summed E-state index contributed by atoms with van der Waals surface area (Å²) in [6.45, 7) is 5.03. The van der Waals surface area contributed by atoms with Gasteiger partial charge in [0, 0.05) is 29.3 Å². The van der Waals surface area contributed by atoms with Gasteiger partial charge >= 0.3 is 0 Å². The largest absolute Gasteiger partial charge is 0.379 e. The number of carbonyl (C=O) groups excluding carboxylic acids is 1. The van der Waals surface area contributed by atoms with E-state index in [9.17, 15) is 10.1 Å². The number of nitrogens with zero attached hydrogens (tertiary/aromatic N) is 2. The van der Waals surface area contributed by atoms with Gasteiger partial charge in [0.15, 0.2) is 0 Å². The van der Waals surface area contributed by atoms with Crippen molar-refractivity contribution in [2.45, 2.75) is 32.4 Å². The number of amides is 1. The summed E-state index contributed by atoms with van der Waals surface area (Å²) in [4.78, 5) is 13.9. The standard InChI is InChI=1S/C15H17ClN2O2/c1-10(2)20-7-3-6-18-14(9-17)13-8-11(16)4-5-12(13)15(18)19/h4-5,8,10,14H,3,6-7H2,1-2H3. The van der Waals surface area contributed by atoms with Gasteiger partial charge in [-0.1, -0.05) is 11.6 Å². The number of fused-ring (bicyclic) bond motifs is 1. The minimum atomic E-state index is -0.546. The predicted molar refractivity (Wildman–Crippen MR) is 76.5 cm³/mol. The van der Waals surface area contributed by atoms with Crippen LogP contribution in [0.2, 0.25) is 5.02 Å². The monoisotopic (exact) mass is 292 g/mol. The van der Waals surface area contributed by atoms with E-state index in [2.05, 4.69) is 6.07 Å². The third kappa shape index (κ3) is 2.95. The highest BCUT2D eigenvalue weighted by Gasteiger charge is 2.36. The molecule has 106 valence electrons. The van der Waals surface area contributed by atoms with E-state index in [4.69, 9.17) is 16.3 Å². The Bertz CT molecular complexity index is 551. The second-order valence-electron chi connectivity index (χ2n) is 5.03. The number of benzene rings is 1. The van der Waals surface area contributed by atoms with Crippen LogP contribution in [0.3, 0.4) is 0 Å². The molecular weight excluding hydrogens is 276 g/mol. The maximum atomic E-state index is 12.3. The smallest absolute Gasteiger partial charge is 0.255 e. The second kappa shape index (κ2) is 6.25. The van der Waals surface area contributed by atoms with Crippen LogP contribution in [0.1, 0.15) is 42.2 Å². The highest BCUT2D eigenvalue weighted by atomic mass is 35.5. The molecule has 1 amide bonds. The molecule has 1 aromatic rings. The molecule has 5 heteroatoms. The Morgan fingerprint density at radius 2 is 2.25 bits per heavy atom. The number of rotatable bonds is 5. The third-order valence-corrected chi connectivity index (χ3v) is 3.46. The van der Waals surface area contributed by atoms with Gasteiger partial charge in [-0.05, 0) is 38.5 Å². The highest BCUT2D eigenvalue weighted by molar-refractivity contribution is 6.30. The molecule has 0 fully saturated rings. The first-order valence-electron chi connectivity index (χ1n) is 6.66. The van der Waals surface area contributed by atoms with Crippen molar-refractivity contribution in [2.75, 3.05) is 13.2 Å². The van der Waals surface area contributed by atoms with Crippen LogP contribution >= 0.6 is 11.6 Å². The van der Waals surface area contributed by atoms with E-state index in [0.717, 1.165) is 0 Å². The van der Waals surface area contributed by atoms with Crippen molar-refractivity contribution in [3.05, 3.63) is 34.3 Å². The zero-order valence-electron chi connectivity index (χ0n) is 11.6. The Labute approximate surface area is 123 Å². The fraction of sp³-hybridized carbons (Fsp3) is 0.467. The molecule has 0 N–H and O–H groups in total. The third-order valence-electron chi connectivity index (χ3n) is 3.23. The van der Waals surface area contributed by atoms with Gasteiger partial charge in [0.05, 0.1) is 12.2 Å². The van der Waals surface area contributed by atoms with Crippen LogP contribution in [0.15, 0.2) is 18.2 Å². The number of halogens is 1. The summed E-state index contributed by atoms with van der Waals surface area (Å²) in [5.74, 6) is -0.104. The molecule has 1 heterocycles. The summed E-state index contributed by atoms with van der Waals surface area (Å²) in [6.07, 6.45) is 0.885. The number of carbonyl (C=O) groups is 1. The van der Waals surface area contributed by atoms with E-state index < -0.39 is 6.04 Å². The molecule has 1 aliphatic rings. The summed E-state index contributed by atoms with van der Waals surface area (Å²) < 4.78 is 5.46. The zero-order valence-corrected chi connectivity index (χ0v) is 12.4. The number of hydrogen-bond acceptors (Lipinski definition) is 3. The Balaban J connectivity index is 2.08. The van der Waals surface area contributed by atoms with Crippen molar-refractivity contribution in [3.63, 3.8) is 0 Å². The average Bonchev–Trinajstić information content (AvgIpc) is 2.66. The van der Waals surface area contributed by atoms with Crippen molar-refractivity contribution < 1.29 is 9.53 Å². The molecule has 0 spiro atoms. The van der Waals surface area contributed by atoms with Gasteiger partial charge in [-0.3, -0.25) is 4.79 Å². The first-order valence-corrected chi connectivity index (χ1v) is 7.04. The molecule has 1 atom stereocenters. The van der Waals surface area contributed by atoms with Crippen LogP contribution in [0.25, 0.3) is 0 Å². The zero-order chi connectivity index (χ0) is 14.7. The van der Waals surface area contributed by atoms with Crippen molar-refractivity contribution in [1.82, 2.24) is 4.90 Å². The van der Waals surface area contributed by atoms with Gasteiger partial charge in [0.2, 0.25) is 0 Å². The van der Waals surface area contributed by atoms with Crippen molar-refractivity contribution >= 4 is 17.5 Å². The van der Waals surface area contributed by atoms with E-state index >= 15 is 0 Å². The lowest BCUT2D eigenvalue weighted by atomic mass is 10.1. The first kappa shape index (κ1) is 14.8. The molecule has 0 bridgehead atoms. The van der Waals surface area contributed by atoms with E-state index in [-0.39, 0.29) is 12.0 Å². The van der Waals surface area contributed by atoms with Gasteiger partial charge in [-0.15, -0.1) is 0 Å². The fourth-order valence-electron chi connectivity index (χ4n) is 2.32. The predicted octanol–water partition coefficient (Wildman–Crippen LogP) is 3.18. The number of ether oxygens (including phenoxy) is 1. The summed E-state index contributed by atoms with van der Waals surface area (Å²) in [5, 5.41) is 9.86. The maximum Gasteiger partial charge on any atom is 0.255 e. The van der Waals surface area contributed by atoms with Gasteiger partial charge in [0.25, 0.3) is 5.91 Å². The van der Waals surface area contributed by atoms with Gasteiger partial charge in [0.1, 0.15) is 6.04 Å². The highest BCUT2D eigenvalue weighted by Crippen LogP contribution is 2.34. The Morgan fingerprint density at radius 3 is 2.90 bits per heavy atom. The number of hydrogen-bond donors (Lipinski definition) is 0. The second-order valence-corrected chi connectivity index (χ2v) is 5.47. The van der Waals surface area contributed by atoms with Crippen LogP contribution in [0.4, 0.5) is 0 Å². The van der Waals surface area contributed by atoms with E-state index in [1.165, 1.54) is 0 Å². The Hall–Kier alpha value is -1.57. The minimum Gasteiger partial charge on any atom is -0.379 e. The topological polar surface area (TPSA) is 53.3 Å². The van der Waals surface area contributed by atoms with Crippen molar-refractivity contribution in [1.29, 1.82) is 5.26 Å². The quantitative estimate of drug-likeness (QED) is 0.783. The van der Waals surface area contributed by atoms with Crippen LogP contribution in [0, 0.1) is 11.3 Å². The molecule has 0 radical (unpaired) electrons. The molecular formula is C15H17ClN2O2. The molecule has 0 aromatic heterocycles. The molecule has 0 aliphatic carbocycles. The van der Waals surface area contributed by atoms with Crippen molar-refractivity contribution in [3.8, 4) is 6.07 Å². The van der Waals surface area contributed by atoms with Gasteiger partial charge < -0.3 is 9.64 Å². The molecule has 20 heavy (non-hydrogen) atoms. The molecule has 1 aliphatic heterocycles. The summed E-state index contributed by atoms with van der Waals surface area (Å²) in [6, 6.07) is 6.71. The van der Waals surface area contributed by atoms with Crippen LogP contribution in [0.5, 0.6) is 0 Å². The van der Waals surface area contributed by atoms with Crippen LogP contribution < -0.4 is 0 Å². The molecule has 0 saturated heterocycles. The first-order chi connectivity index (χ1) is 9.54. The Kier molecular flexibility index (Phi) is 4.64. The average molecular weight is 293 g/mol. The molecule has 1 unspecified atom stereocenters. The molecule has 4 nitrogen and oxygen atoms in total.